The molecule has 1 saturated heterocycles. The maximum atomic E-state index is 9.05. The van der Waals surface area contributed by atoms with E-state index in [0.717, 1.165) is 13.0 Å². The largest absolute Gasteiger partial charge is 0.390 e. The molecule has 0 amide bonds. The van der Waals surface area contributed by atoms with Crippen molar-refractivity contribution in [2.75, 3.05) is 13.2 Å². The van der Waals surface area contributed by atoms with Crippen molar-refractivity contribution in [2.45, 2.75) is 19.4 Å². The van der Waals surface area contributed by atoms with Crippen molar-refractivity contribution in [1.29, 1.82) is 0 Å². The Balaban J connectivity index is 2.28. The lowest BCUT2D eigenvalue weighted by atomic mass is 10.0. The summed E-state index contributed by atoms with van der Waals surface area (Å²) in [7, 11) is 0. The normalized spacial score (nSPS) is 39.8. The summed E-state index contributed by atoms with van der Waals surface area (Å²) in [5.41, 5.74) is 0. The second-order valence-electron chi connectivity index (χ2n) is 2.41. The fourth-order valence-corrected chi connectivity index (χ4v) is 0.830. The van der Waals surface area contributed by atoms with Crippen molar-refractivity contribution < 1.29 is 9.84 Å². The van der Waals surface area contributed by atoms with Gasteiger partial charge in [-0.25, -0.2) is 0 Å². The molecule has 1 N–H and O–H groups in total. The van der Waals surface area contributed by atoms with E-state index in [9.17, 15) is 0 Å². The molecule has 0 aliphatic carbocycles. The number of hydrogen-bond acceptors (Lipinski definition) is 2. The lowest BCUT2D eigenvalue weighted by Crippen LogP contribution is -2.29. The van der Waals surface area contributed by atoms with Crippen LogP contribution in [0.5, 0.6) is 0 Å². The van der Waals surface area contributed by atoms with Crippen molar-refractivity contribution in [3.05, 3.63) is 0 Å². The molecule has 48 valence electrons. The Morgan fingerprint density at radius 2 is 2.38 bits per heavy atom. The van der Waals surface area contributed by atoms with Crippen LogP contribution in [0.15, 0.2) is 0 Å². The molecule has 1 rings (SSSR count). The molecule has 1 heterocycles. The van der Waals surface area contributed by atoms with E-state index in [-0.39, 0.29) is 6.10 Å². The van der Waals surface area contributed by atoms with E-state index in [1.807, 2.05) is 6.92 Å². The zero-order valence-electron chi connectivity index (χ0n) is 5.13. The van der Waals surface area contributed by atoms with Gasteiger partial charge in [-0.2, -0.15) is 0 Å². The molecule has 1 aliphatic heterocycles. The molecule has 0 bridgehead atoms. The first-order chi connectivity index (χ1) is 3.80. The molecule has 0 aromatic rings. The maximum Gasteiger partial charge on any atom is 0.0799 e. The fourth-order valence-electron chi connectivity index (χ4n) is 0.830. The third-order valence-corrected chi connectivity index (χ3v) is 1.66. The van der Waals surface area contributed by atoms with E-state index in [4.69, 9.17) is 9.84 Å². The van der Waals surface area contributed by atoms with E-state index >= 15 is 0 Å². The van der Waals surface area contributed by atoms with E-state index in [2.05, 4.69) is 0 Å². The zero-order chi connectivity index (χ0) is 5.98. The highest BCUT2D eigenvalue weighted by Gasteiger charge is 2.18. The topological polar surface area (TPSA) is 29.5 Å². The van der Waals surface area contributed by atoms with Crippen LogP contribution in [0.1, 0.15) is 13.3 Å². The highest BCUT2D eigenvalue weighted by Crippen LogP contribution is 2.13. The van der Waals surface area contributed by atoms with Gasteiger partial charge in [-0.05, 0) is 12.3 Å². The van der Waals surface area contributed by atoms with Gasteiger partial charge in [0, 0.05) is 6.61 Å². The number of hydrogen-bond donors (Lipinski definition) is 1. The van der Waals surface area contributed by atoms with E-state index in [1.165, 1.54) is 0 Å². The highest BCUT2D eigenvalue weighted by molar-refractivity contribution is 4.67. The minimum atomic E-state index is -0.219. The molecular weight excluding hydrogens is 104 g/mol. The molecule has 2 heteroatoms. The van der Waals surface area contributed by atoms with Crippen LogP contribution in [0, 0.1) is 5.92 Å². The summed E-state index contributed by atoms with van der Waals surface area (Å²) >= 11 is 0. The molecule has 1 unspecified atom stereocenters. The van der Waals surface area contributed by atoms with Gasteiger partial charge < -0.3 is 9.84 Å². The van der Waals surface area contributed by atoms with E-state index in [0.29, 0.717) is 12.5 Å². The van der Waals surface area contributed by atoms with Crippen LogP contribution in [0.25, 0.3) is 0 Å². The Morgan fingerprint density at radius 1 is 1.62 bits per heavy atom. The minimum Gasteiger partial charge on any atom is -0.390 e. The predicted molar refractivity (Wildman–Crippen MR) is 30.6 cm³/mol. The zero-order valence-corrected chi connectivity index (χ0v) is 5.13. The van der Waals surface area contributed by atoms with Crippen LogP contribution in [0.3, 0.4) is 0 Å². The quantitative estimate of drug-likeness (QED) is 0.496. The summed E-state index contributed by atoms with van der Waals surface area (Å²) < 4.78 is 5.00. The van der Waals surface area contributed by atoms with Crippen molar-refractivity contribution in [3.63, 3.8) is 0 Å². The second kappa shape index (κ2) is 2.46. The van der Waals surface area contributed by atoms with Crippen molar-refractivity contribution >= 4 is 0 Å². The maximum absolute atomic E-state index is 9.05. The molecule has 2 atom stereocenters. The molecule has 8 heavy (non-hydrogen) atoms. The van der Waals surface area contributed by atoms with Crippen molar-refractivity contribution in [2.24, 2.45) is 5.92 Å². The Bertz CT molecular complexity index is 62.9. The van der Waals surface area contributed by atoms with Crippen LogP contribution in [0.2, 0.25) is 0 Å². The van der Waals surface area contributed by atoms with Crippen molar-refractivity contribution in [1.82, 2.24) is 0 Å². The summed E-state index contributed by atoms with van der Waals surface area (Å²) in [5.74, 6) is 0.434. The van der Waals surface area contributed by atoms with Crippen LogP contribution in [-0.2, 0) is 4.74 Å². The number of aliphatic hydroxyl groups excluding tert-OH is 1. The standard InChI is InChI=1S/C6H12O2/c1-5-2-3-8-4-6(5)7/h5-7H,2-4H2,1H3/t5?,6-/m1/s1. The van der Waals surface area contributed by atoms with Crippen LogP contribution in [0.4, 0.5) is 0 Å². The lowest BCUT2D eigenvalue weighted by Gasteiger charge is -2.23. The van der Waals surface area contributed by atoms with Gasteiger partial charge in [-0.1, -0.05) is 6.92 Å². The summed E-state index contributed by atoms with van der Waals surface area (Å²) in [6.07, 6.45) is 0.782. The minimum absolute atomic E-state index is 0.219. The van der Waals surface area contributed by atoms with Gasteiger partial charge in [-0.15, -0.1) is 0 Å². The Hall–Kier alpha value is -0.0800. The van der Waals surface area contributed by atoms with E-state index in [1.54, 1.807) is 0 Å². The van der Waals surface area contributed by atoms with Gasteiger partial charge >= 0.3 is 0 Å². The third-order valence-electron chi connectivity index (χ3n) is 1.66. The van der Waals surface area contributed by atoms with Gasteiger partial charge in [0.15, 0.2) is 0 Å². The SMILES string of the molecule is CC1CCOC[C@H]1O. The van der Waals surface area contributed by atoms with Gasteiger partial charge in [-0.3, -0.25) is 0 Å². The van der Waals surface area contributed by atoms with Gasteiger partial charge in [0.25, 0.3) is 0 Å². The Kier molecular flexibility index (Phi) is 1.86. The number of rotatable bonds is 0. The molecule has 1 aliphatic rings. The van der Waals surface area contributed by atoms with Gasteiger partial charge in [0.05, 0.1) is 12.7 Å². The number of aliphatic hydroxyl groups is 1. The van der Waals surface area contributed by atoms with Crippen LogP contribution < -0.4 is 0 Å². The molecule has 0 spiro atoms. The van der Waals surface area contributed by atoms with Crippen LogP contribution in [-0.4, -0.2) is 24.4 Å². The first-order valence-corrected chi connectivity index (χ1v) is 3.06. The first-order valence-electron chi connectivity index (χ1n) is 3.06. The van der Waals surface area contributed by atoms with E-state index < -0.39 is 0 Å². The molecule has 2 nitrogen and oxygen atoms in total. The summed E-state index contributed by atoms with van der Waals surface area (Å²) in [6.45, 7) is 3.40. The molecule has 1 fully saturated rings. The van der Waals surface area contributed by atoms with Crippen LogP contribution >= 0.6 is 0 Å². The molecule has 0 aromatic carbocycles. The third kappa shape index (κ3) is 1.20. The average Bonchev–Trinajstić information content (AvgIpc) is 1.77. The molecular formula is C6H12O2. The van der Waals surface area contributed by atoms with Gasteiger partial charge in [0.2, 0.25) is 0 Å². The second-order valence-corrected chi connectivity index (χ2v) is 2.41. The van der Waals surface area contributed by atoms with Gasteiger partial charge in [0.1, 0.15) is 0 Å². The Morgan fingerprint density at radius 3 is 2.75 bits per heavy atom. The predicted octanol–water partition coefficient (Wildman–Crippen LogP) is 0.404. The molecule has 0 radical (unpaired) electrons. The fraction of sp³-hybridized carbons (Fsp3) is 1.00. The Labute approximate surface area is 49.5 Å². The monoisotopic (exact) mass is 116 g/mol. The number of ether oxygens (including phenoxy) is 1. The lowest BCUT2D eigenvalue weighted by molar-refractivity contribution is -0.0380. The average molecular weight is 116 g/mol. The first kappa shape index (κ1) is 6.05. The summed E-state index contributed by atoms with van der Waals surface area (Å²) in [5, 5.41) is 9.05. The summed E-state index contributed by atoms with van der Waals surface area (Å²) in [4.78, 5) is 0. The highest BCUT2D eigenvalue weighted by atomic mass is 16.5. The molecule has 0 aromatic heterocycles. The molecule has 0 saturated carbocycles. The summed E-state index contributed by atoms with van der Waals surface area (Å²) in [6, 6.07) is 0. The van der Waals surface area contributed by atoms with Crippen molar-refractivity contribution in [3.8, 4) is 0 Å². The smallest absolute Gasteiger partial charge is 0.0799 e.